The van der Waals surface area contributed by atoms with E-state index in [1.807, 2.05) is 0 Å². The maximum absolute atomic E-state index is 12.1. The Labute approximate surface area is 116 Å². The largest absolute Gasteiger partial charge is 0.326 e. The molecule has 0 spiro atoms. The molecule has 18 heavy (non-hydrogen) atoms. The average molecular weight is 294 g/mol. The van der Waals surface area contributed by atoms with Crippen LogP contribution in [0.25, 0.3) is 0 Å². The highest BCUT2D eigenvalue weighted by Gasteiger charge is 2.33. The Bertz CT molecular complexity index is 346. The maximum atomic E-state index is 12.1. The van der Waals surface area contributed by atoms with Gasteiger partial charge in [-0.3, -0.25) is 4.90 Å². The predicted octanol–water partition coefficient (Wildman–Crippen LogP) is 1.17. The van der Waals surface area contributed by atoms with E-state index < -0.39 is 9.84 Å². The minimum absolute atomic E-state index is 0.0626. The van der Waals surface area contributed by atoms with Gasteiger partial charge in [0.1, 0.15) is 5.37 Å². The number of rotatable bonds is 6. The second kappa shape index (κ2) is 7.12. The molecule has 1 heterocycles. The molecule has 3 unspecified atom stereocenters. The van der Waals surface area contributed by atoms with Gasteiger partial charge in [-0.2, -0.15) is 11.8 Å². The molecule has 0 saturated carbocycles. The standard InChI is InChI=1S/C12H26N2O2S2/c1-4-10(3)11(13)8-14-6-7-17-9-12(14)18(15,16)5-2/h10-12H,4-9,13H2,1-3H3. The Morgan fingerprint density at radius 3 is 2.67 bits per heavy atom. The normalized spacial score (nSPS) is 25.9. The van der Waals surface area contributed by atoms with E-state index in [0.29, 0.717) is 18.2 Å². The maximum Gasteiger partial charge on any atom is 0.166 e. The Morgan fingerprint density at radius 2 is 2.11 bits per heavy atom. The number of sulfone groups is 1. The monoisotopic (exact) mass is 294 g/mol. The third-order valence-electron chi connectivity index (χ3n) is 3.83. The quantitative estimate of drug-likeness (QED) is 0.797. The third-order valence-corrected chi connectivity index (χ3v) is 7.16. The minimum atomic E-state index is -3.00. The van der Waals surface area contributed by atoms with Crippen LogP contribution in [0.2, 0.25) is 0 Å². The molecule has 0 bridgehead atoms. The molecule has 0 aromatic heterocycles. The van der Waals surface area contributed by atoms with Crippen LogP contribution in [0.15, 0.2) is 0 Å². The van der Waals surface area contributed by atoms with Gasteiger partial charge in [-0.25, -0.2) is 8.42 Å². The summed E-state index contributed by atoms with van der Waals surface area (Å²) in [5, 5.41) is -0.337. The SMILES string of the molecule is CCC(C)C(N)CN1CCSCC1S(=O)(=O)CC. The molecule has 1 fully saturated rings. The summed E-state index contributed by atoms with van der Waals surface area (Å²) in [5.41, 5.74) is 6.16. The summed E-state index contributed by atoms with van der Waals surface area (Å²) >= 11 is 1.73. The Hall–Kier alpha value is 0.220. The van der Waals surface area contributed by atoms with Crippen molar-refractivity contribution in [3.63, 3.8) is 0 Å². The number of hydrogen-bond acceptors (Lipinski definition) is 5. The van der Waals surface area contributed by atoms with E-state index in [2.05, 4.69) is 18.7 Å². The molecule has 3 atom stereocenters. The molecule has 0 aromatic carbocycles. The molecule has 1 aliphatic rings. The van der Waals surface area contributed by atoms with Crippen molar-refractivity contribution in [2.45, 2.75) is 38.6 Å². The summed E-state index contributed by atoms with van der Waals surface area (Å²) in [4.78, 5) is 2.08. The zero-order valence-electron chi connectivity index (χ0n) is 11.6. The van der Waals surface area contributed by atoms with Crippen molar-refractivity contribution >= 4 is 21.6 Å². The van der Waals surface area contributed by atoms with Crippen LogP contribution in [0.5, 0.6) is 0 Å². The zero-order chi connectivity index (χ0) is 13.8. The van der Waals surface area contributed by atoms with Crippen molar-refractivity contribution in [2.75, 3.05) is 30.3 Å². The molecular formula is C12H26N2O2S2. The summed E-state index contributed by atoms with van der Waals surface area (Å²) in [6.45, 7) is 7.50. The van der Waals surface area contributed by atoms with Gasteiger partial charge in [0.05, 0.1) is 0 Å². The summed E-state index contributed by atoms with van der Waals surface area (Å²) in [5.74, 6) is 2.34. The lowest BCUT2D eigenvalue weighted by Gasteiger charge is -2.37. The average Bonchev–Trinajstić information content (AvgIpc) is 2.38. The van der Waals surface area contributed by atoms with Crippen molar-refractivity contribution in [3.05, 3.63) is 0 Å². The fourth-order valence-corrected chi connectivity index (χ4v) is 5.19. The number of nitrogens with zero attached hydrogens (tertiary/aromatic N) is 1. The van der Waals surface area contributed by atoms with Crippen molar-refractivity contribution < 1.29 is 8.42 Å². The molecule has 4 nitrogen and oxygen atoms in total. The molecule has 1 rings (SSSR count). The van der Waals surface area contributed by atoms with Gasteiger partial charge in [0.2, 0.25) is 0 Å². The van der Waals surface area contributed by atoms with Gasteiger partial charge in [-0.15, -0.1) is 0 Å². The topological polar surface area (TPSA) is 63.4 Å². The predicted molar refractivity (Wildman–Crippen MR) is 79.6 cm³/mol. The molecule has 6 heteroatoms. The smallest absolute Gasteiger partial charge is 0.166 e. The van der Waals surface area contributed by atoms with Crippen LogP contribution >= 0.6 is 11.8 Å². The molecule has 108 valence electrons. The number of hydrogen-bond donors (Lipinski definition) is 1. The third kappa shape index (κ3) is 4.11. The van der Waals surface area contributed by atoms with Gasteiger partial charge in [0.15, 0.2) is 9.84 Å². The lowest BCUT2D eigenvalue weighted by atomic mass is 10.00. The lowest BCUT2D eigenvalue weighted by Crippen LogP contribution is -2.52. The highest BCUT2D eigenvalue weighted by atomic mass is 32.2. The van der Waals surface area contributed by atoms with E-state index >= 15 is 0 Å². The fraction of sp³-hybridized carbons (Fsp3) is 1.00. The van der Waals surface area contributed by atoms with E-state index in [1.54, 1.807) is 18.7 Å². The Kier molecular flexibility index (Phi) is 6.44. The van der Waals surface area contributed by atoms with Crippen LogP contribution in [0.4, 0.5) is 0 Å². The van der Waals surface area contributed by atoms with Gasteiger partial charge in [0, 0.05) is 36.4 Å². The molecule has 0 amide bonds. The first kappa shape index (κ1) is 16.3. The van der Waals surface area contributed by atoms with Gasteiger partial charge in [-0.05, 0) is 5.92 Å². The highest BCUT2D eigenvalue weighted by molar-refractivity contribution is 8.01. The lowest BCUT2D eigenvalue weighted by molar-refractivity contribution is 0.228. The number of thioether (sulfide) groups is 1. The first-order valence-corrected chi connectivity index (χ1v) is 9.58. The van der Waals surface area contributed by atoms with Crippen molar-refractivity contribution in [2.24, 2.45) is 11.7 Å². The minimum Gasteiger partial charge on any atom is -0.326 e. The van der Waals surface area contributed by atoms with Crippen molar-refractivity contribution in [1.29, 1.82) is 0 Å². The van der Waals surface area contributed by atoms with E-state index in [4.69, 9.17) is 5.73 Å². The Morgan fingerprint density at radius 1 is 1.44 bits per heavy atom. The van der Waals surface area contributed by atoms with E-state index in [9.17, 15) is 8.42 Å². The summed E-state index contributed by atoms with van der Waals surface area (Å²) in [6.07, 6.45) is 1.04. The van der Waals surface area contributed by atoms with Gasteiger partial charge in [0.25, 0.3) is 0 Å². The van der Waals surface area contributed by atoms with E-state index in [-0.39, 0.29) is 17.2 Å². The second-order valence-corrected chi connectivity index (χ2v) is 8.62. The molecule has 1 saturated heterocycles. The zero-order valence-corrected chi connectivity index (χ0v) is 13.3. The van der Waals surface area contributed by atoms with Crippen LogP contribution < -0.4 is 5.73 Å². The summed E-state index contributed by atoms with van der Waals surface area (Å²) < 4.78 is 24.2. The van der Waals surface area contributed by atoms with Gasteiger partial charge in [-0.1, -0.05) is 27.2 Å². The molecule has 0 radical (unpaired) electrons. The molecule has 0 aromatic rings. The van der Waals surface area contributed by atoms with Gasteiger partial charge < -0.3 is 5.73 Å². The first-order valence-electron chi connectivity index (χ1n) is 6.71. The fourth-order valence-electron chi connectivity index (χ4n) is 2.10. The first-order chi connectivity index (χ1) is 8.42. The second-order valence-electron chi connectivity index (χ2n) is 5.03. The van der Waals surface area contributed by atoms with Crippen LogP contribution in [0.1, 0.15) is 27.2 Å². The molecule has 0 aliphatic carbocycles. The molecular weight excluding hydrogens is 268 g/mol. The van der Waals surface area contributed by atoms with Crippen LogP contribution in [0, 0.1) is 5.92 Å². The van der Waals surface area contributed by atoms with Crippen molar-refractivity contribution in [3.8, 4) is 0 Å². The van der Waals surface area contributed by atoms with E-state index in [1.165, 1.54) is 0 Å². The summed E-state index contributed by atoms with van der Waals surface area (Å²) in [6, 6.07) is 0.0626. The van der Waals surface area contributed by atoms with E-state index in [0.717, 1.165) is 18.7 Å². The molecule has 2 N–H and O–H groups in total. The highest BCUT2D eigenvalue weighted by Crippen LogP contribution is 2.22. The molecule has 1 aliphatic heterocycles. The van der Waals surface area contributed by atoms with Crippen LogP contribution in [-0.2, 0) is 9.84 Å². The number of nitrogens with two attached hydrogens (primary N) is 1. The Balaban J connectivity index is 2.71. The van der Waals surface area contributed by atoms with Crippen LogP contribution in [0.3, 0.4) is 0 Å². The van der Waals surface area contributed by atoms with Gasteiger partial charge >= 0.3 is 0 Å². The van der Waals surface area contributed by atoms with Crippen LogP contribution in [-0.4, -0.2) is 55.1 Å². The summed E-state index contributed by atoms with van der Waals surface area (Å²) in [7, 11) is -3.00. The van der Waals surface area contributed by atoms with Crippen molar-refractivity contribution in [1.82, 2.24) is 4.90 Å².